The number of anilines is 2. The fourth-order valence-corrected chi connectivity index (χ4v) is 4.00. The number of methoxy groups -OCH3 is 1. The molecule has 0 aromatic heterocycles. The first-order valence-electron chi connectivity index (χ1n) is 8.59. The monoisotopic (exact) mass is 430 g/mol. The van der Waals surface area contributed by atoms with Crippen LogP contribution in [0.15, 0.2) is 48.5 Å². The van der Waals surface area contributed by atoms with Crippen molar-refractivity contribution in [2.75, 3.05) is 23.0 Å². The summed E-state index contributed by atoms with van der Waals surface area (Å²) >= 11 is 0. The molecule has 0 radical (unpaired) electrons. The van der Waals surface area contributed by atoms with Crippen LogP contribution in [0.5, 0.6) is 5.75 Å². The number of amides is 1. The highest BCUT2D eigenvalue weighted by atomic mass is 32.2. The van der Waals surface area contributed by atoms with Crippen LogP contribution in [0.25, 0.3) is 0 Å². The normalized spacial score (nSPS) is 12.9. The van der Waals surface area contributed by atoms with Gasteiger partial charge in [-0.25, -0.2) is 8.42 Å². The molecule has 158 valence electrons. The Bertz CT molecular complexity index is 960. The number of hydrogen-bond donors (Lipinski definition) is 1. The summed E-state index contributed by atoms with van der Waals surface area (Å²) in [5.41, 5.74) is -0.760. The van der Waals surface area contributed by atoms with Gasteiger partial charge in [-0.1, -0.05) is 13.0 Å². The van der Waals surface area contributed by atoms with Crippen molar-refractivity contribution in [3.63, 3.8) is 0 Å². The lowest BCUT2D eigenvalue weighted by molar-refractivity contribution is -0.137. The largest absolute Gasteiger partial charge is 0.497 e. The number of rotatable bonds is 7. The fraction of sp³-hybridized carbons (Fsp3) is 0.316. The third-order valence-electron chi connectivity index (χ3n) is 4.11. The third kappa shape index (κ3) is 5.63. The van der Waals surface area contributed by atoms with Crippen molar-refractivity contribution in [1.29, 1.82) is 0 Å². The van der Waals surface area contributed by atoms with Crippen molar-refractivity contribution in [2.45, 2.75) is 25.6 Å². The van der Waals surface area contributed by atoms with Crippen molar-refractivity contribution >= 4 is 27.3 Å². The topological polar surface area (TPSA) is 75.7 Å². The van der Waals surface area contributed by atoms with Gasteiger partial charge in [-0.2, -0.15) is 13.2 Å². The molecule has 6 nitrogen and oxygen atoms in total. The zero-order valence-electron chi connectivity index (χ0n) is 16.0. The molecule has 1 atom stereocenters. The van der Waals surface area contributed by atoms with Gasteiger partial charge in [0, 0.05) is 5.69 Å². The van der Waals surface area contributed by atoms with E-state index in [9.17, 15) is 26.4 Å². The van der Waals surface area contributed by atoms with Crippen LogP contribution in [0.4, 0.5) is 24.5 Å². The van der Waals surface area contributed by atoms with Crippen LogP contribution >= 0.6 is 0 Å². The lowest BCUT2D eigenvalue weighted by Crippen LogP contribution is -2.47. The number of carbonyl (C=O) groups excluding carboxylic acids is 1. The Labute approximate surface area is 167 Å². The molecule has 0 aliphatic carbocycles. The minimum atomic E-state index is -4.56. The van der Waals surface area contributed by atoms with E-state index in [1.54, 1.807) is 19.1 Å². The van der Waals surface area contributed by atoms with Gasteiger partial charge in [-0.3, -0.25) is 9.10 Å². The minimum Gasteiger partial charge on any atom is -0.497 e. The van der Waals surface area contributed by atoms with Crippen molar-refractivity contribution in [3.05, 3.63) is 54.1 Å². The van der Waals surface area contributed by atoms with E-state index in [0.717, 1.165) is 28.8 Å². The molecule has 0 heterocycles. The van der Waals surface area contributed by atoms with Crippen LogP contribution in [-0.4, -0.2) is 33.7 Å². The van der Waals surface area contributed by atoms with Gasteiger partial charge in [0.05, 0.1) is 24.6 Å². The number of hydrogen-bond acceptors (Lipinski definition) is 4. The Morgan fingerprint density at radius 2 is 1.79 bits per heavy atom. The highest BCUT2D eigenvalue weighted by Gasteiger charge is 2.33. The number of carbonyl (C=O) groups is 1. The van der Waals surface area contributed by atoms with Crippen LogP contribution in [0.1, 0.15) is 18.9 Å². The molecule has 0 aliphatic rings. The highest BCUT2D eigenvalue weighted by Crippen LogP contribution is 2.31. The summed E-state index contributed by atoms with van der Waals surface area (Å²) in [6.45, 7) is 1.61. The summed E-state index contributed by atoms with van der Waals surface area (Å²) in [7, 11) is -2.41. The number of ether oxygens (including phenoxy) is 1. The predicted octanol–water partition coefficient (Wildman–Crippen LogP) is 3.90. The average molecular weight is 430 g/mol. The summed E-state index contributed by atoms with van der Waals surface area (Å²) in [6.07, 6.45) is -3.51. The van der Waals surface area contributed by atoms with Gasteiger partial charge in [0.15, 0.2) is 0 Å². The van der Waals surface area contributed by atoms with E-state index in [-0.39, 0.29) is 17.8 Å². The number of alkyl halides is 3. The maximum absolute atomic E-state index is 12.9. The lowest BCUT2D eigenvalue weighted by atomic mass is 10.1. The van der Waals surface area contributed by atoms with Gasteiger partial charge in [-0.05, 0) is 48.9 Å². The number of nitrogens with one attached hydrogen (secondary N) is 1. The first kappa shape index (κ1) is 22.5. The maximum atomic E-state index is 12.9. The van der Waals surface area contributed by atoms with Crippen LogP contribution in [0.2, 0.25) is 0 Å². The number of nitrogens with zero attached hydrogens (tertiary/aromatic N) is 1. The SMILES string of the molecule is CCC(C(=O)Nc1cccc(C(F)(F)F)c1)N(c1ccc(OC)cc1)S(C)(=O)=O. The van der Waals surface area contributed by atoms with Crippen molar-refractivity contribution in [2.24, 2.45) is 0 Å². The molecule has 2 aromatic rings. The molecule has 0 bridgehead atoms. The highest BCUT2D eigenvalue weighted by molar-refractivity contribution is 7.92. The summed E-state index contributed by atoms with van der Waals surface area (Å²) in [6, 6.07) is 9.05. The fourth-order valence-electron chi connectivity index (χ4n) is 2.79. The Morgan fingerprint density at radius 3 is 2.28 bits per heavy atom. The quantitative estimate of drug-likeness (QED) is 0.723. The first-order chi connectivity index (χ1) is 13.5. The molecule has 0 saturated heterocycles. The predicted molar refractivity (Wildman–Crippen MR) is 104 cm³/mol. The van der Waals surface area contributed by atoms with Crippen molar-refractivity contribution in [3.8, 4) is 5.75 Å². The molecule has 29 heavy (non-hydrogen) atoms. The van der Waals surface area contributed by atoms with E-state index in [4.69, 9.17) is 4.74 Å². The second-order valence-corrected chi connectivity index (χ2v) is 8.11. The summed E-state index contributed by atoms with van der Waals surface area (Å²) in [4.78, 5) is 12.8. The number of benzene rings is 2. The van der Waals surface area contributed by atoms with Gasteiger partial charge >= 0.3 is 6.18 Å². The van der Waals surface area contributed by atoms with Crippen LogP contribution in [0.3, 0.4) is 0 Å². The van der Waals surface area contributed by atoms with Crippen LogP contribution in [-0.2, 0) is 21.0 Å². The molecule has 0 fully saturated rings. The zero-order chi connectivity index (χ0) is 21.8. The van der Waals surface area contributed by atoms with Crippen molar-refractivity contribution < 1.29 is 31.1 Å². The average Bonchev–Trinajstić information content (AvgIpc) is 2.64. The van der Waals surface area contributed by atoms with E-state index >= 15 is 0 Å². The molecule has 2 aromatic carbocycles. The summed E-state index contributed by atoms with van der Waals surface area (Å²) in [5, 5.41) is 2.38. The van der Waals surface area contributed by atoms with E-state index in [2.05, 4.69) is 5.32 Å². The molecule has 0 spiro atoms. The van der Waals surface area contributed by atoms with Gasteiger partial charge in [0.2, 0.25) is 15.9 Å². The Balaban J connectivity index is 2.36. The van der Waals surface area contributed by atoms with Gasteiger partial charge in [-0.15, -0.1) is 0 Å². The maximum Gasteiger partial charge on any atom is 0.416 e. The summed E-state index contributed by atoms with van der Waals surface area (Å²) < 4.78 is 69.4. The van der Waals surface area contributed by atoms with Crippen molar-refractivity contribution in [1.82, 2.24) is 0 Å². The molecule has 1 unspecified atom stereocenters. The molecule has 10 heteroatoms. The molecular formula is C19H21F3N2O4S. The molecule has 1 N–H and O–H groups in total. The van der Waals surface area contributed by atoms with Crippen LogP contribution in [0, 0.1) is 0 Å². The van der Waals surface area contributed by atoms with Gasteiger partial charge in [0.1, 0.15) is 11.8 Å². The molecule has 0 aliphatic heterocycles. The second kappa shape index (κ2) is 8.73. The lowest BCUT2D eigenvalue weighted by Gasteiger charge is -2.30. The smallest absolute Gasteiger partial charge is 0.416 e. The van der Waals surface area contributed by atoms with E-state index in [1.165, 1.54) is 25.3 Å². The molecule has 1 amide bonds. The molecular weight excluding hydrogens is 409 g/mol. The zero-order valence-corrected chi connectivity index (χ0v) is 16.8. The van der Waals surface area contributed by atoms with E-state index in [1.807, 2.05) is 0 Å². The van der Waals surface area contributed by atoms with E-state index in [0.29, 0.717) is 5.75 Å². The third-order valence-corrected chi connectivity index (χ3v) is 5.29. The number of halogens is 3. The van der Waals surface area contributed by atoms with Gasteiger partial charge < -0.3 is 10.1 Å². The minimum absolute atomic E-state index is 0.0774. The standard InChI is InChI=1S/C19H21F3N2O4S/c1-4-17(18(25)23-14-7-5-6-13(12-14)19(20,21)22)24(29(3,26)27)15-8-10-16(28-2)11-9-15/h5-12,17H,4H2,1-3H3,(H,23,25). The Hall–Kier alpha value is -2.75. The summed E-state index contributed by atoms with van der Waals surface area (Å²) in [5.74, 6) is -0.239. The number of sulfonamides is 1. The first-order valence-corrected chi connectivity index (χ1v) is 10.4. The molecule has 2 rings (SSSR count). The van der Waals surface area contributed by atoms with Gasteiger partial charge in [0.25, 0.3) is 0 Å². The van der Waals surface area contributed by atoms with Crippen LogP contribution < -0.4 is 14.4 Å². The molecule has 0 saturated carbocycles. The second-order valence-electron chi connectivity index (χ2n) is 6.25. The Kier molecular flexibility index (Phi) is 6.78. The Morgan fingerprint density at radius 1 is 1.17 bits per heavy atom. The van der Waals surface area contributed by atoms with E-state index < -0.39 is 33.7 Å².